The van der Waals surface area contributed by atoms with E-state index in [0.717, 1.165) is 31.2 Å². The standard InChI is InChI=1S/C11H19BO/c1-2-3-6-9-12-10-7-4-5-8-11(10)13/h7,9,11,13H,2-6,8H2,1H3/t11-/m0/s1. The van der Waals surface area contributed by atoms with E-state index in [0.29, 0.717) is 0 Å². The Bertz CT molecular complexity index is 196. The Balaban J connectivity index is 2.33. The second kappa shape index (κ2) is 6.14. The van der Waals surface area contributed by atoms with Crippen molar-refractivity contribution in [2.45, 2.75) is 51.6 Å². The van der Waals surface area contributed by atoms with Crippen LogP contribution < -0.4 is 0 Å². The van der Waals surface area contributed by atoms with Gasteiger partial charge in [-0.25, -0.2) is 0 Å². The molecule has 1 aliphatic carbocycles. The van der Waals surface area contributed by atoms with Crippen molar-refractivity contribution in [3.63, 3.8) is 0 Å². The van der Waals surface area contributed by atoms with E-state index in [-0.39, 0.29) is 6.10 Å². The molecule has 0 spiro atoms. The molecule has 0 heterocycles. The van der Waals surface area contributed by atoms with Crippen molar-refractivity contribution in [2.24, 2.45) is 0 Å². The Morgan fingerprint density at radius 3 is 3.23 bits per heavy atom. The van der Waals surface area contributed by atoms with Gasteiger partial charge < -0.3 is 0 Å². The van der Waals surface area contributed by atoms with Crippen molar-refractivity contribution in [3.8, 4) is 0 Å². The maximum atomic E-state index is 9.61. The third-order valence-electron chi connectivity index (χ3n) is 2.48. The van der Waals surface area contributed by atoms with Crippen LogP contribution >= 0.6 is 0 Å². The summed E-state index contributed by atoms with van der Waals surface area (Å²) in [7, 11) is 0. The van der Waals surface area contributed by atoms with Crippen molar-refractivity contribution >= 4 is 12.9 Å². The number of hydrogen-bond donors (Lipinski definition) is 1. The van der Waals surface area contributed by atoms with Crippen LogP contribution in [-0.4, -0.2) is 24.1 Å². The molecule has 0 aromatic rings. The van der Waals surface area contributed by atoms with Crippen molar-refractivity contribution < 1.29 is 5.11 Å². The molecule has 1 aliphatic rings. The van der Waals surface area contributed by atoms with Gasteiger partial charge in [0.2, 0.25) is 0 Å². The molecule has 1 rings (SSSR count). The summed E-state index contributed by atoms with van der Waals surface area (Å²) >= 11 is 0. The molecule has 0 aromatic heterocycles. The Hall–Kier alpha value is -0.365. The third kappa shape index (κ3) is 3.90. The zero-order chi connectivity index (χ0) is 9.52. The van der Waals surface area contributed by atoms with E-state index in [9.17, 15) is 5.11 Å². The summed E-state index contributed by atoms with van der Waals surface area (Å²) < 4.78 is 0. The van der Waals surface area contributed by atoms with Crippen molar-refractivity contribution in [2.75, 3.05) is 0 Å². The van der Waals surface area contributed by atoms with Gasteiger partial charge in [0.05, 0.1) is 0 Å². The van der Waals surface area contributed by atoms with Crippen LogP contribution in [0.25, 0.3) is 0 Å². The molecule has 0 aromatic carbocycles. The summed E-state index contributed by atoms with van der Waals surface area (Å²) in [6.45, 7) is 4.29. The molecule has 1 nitrogen and oxygen atoms in total. The van der Waals surface area contributed by atoms with E-state index in [1.54, 1.807) is 0 Å². The Kier molecular flexibility index (Phi) is 5.06. The molecule has 2 heteroatoms. The predicted molar refractivity (Wildman–Crippen MR) is 59.3 cm³/mol. The van der Waals surface area contributed by atoms with Crippen LogP contribution in [0.4, 0.5) is 0 Å². The van der Waals surface area contributed by atoms with E-state index in [1.165, 1.54) is 12.8 Å². The summed E-state index contributed by atoms with van der Waals surface area (Å²) in [6, 6.07) is 0. The van der Waals surface area contributed by atoms with Crippen LogP contribution in [0, 0.1) is 0 Å². The molecule has 72 valence electrons. The molecular formula is C11H19BO. The first-order valence-corrected chi connectivity index (χ1v) is 5.39. The van der Waals surface area contributed by atoms with Crippen LogP contribution in [0.3, 0.4) is 0 Å². The number of hydrogen-bond acceptors (Lipinski definition) is 1. The minimum atomic E-state index is -0.202. The molecule has 1 atom stereocenters. The quantitative estimate of drug-likeness (QED) is 0.516. The minimum absolute atomic E-state index is 0.202. The van der Waals surface area contributed by atoms with Gasteiger partial charge in [-0.05, 0) is 0 Å². The molecule has 0 amide bonds. The Morgan fingerprint density at radius 2 is 2.54 bits per heavy atom. The van der Waals surface area contributed by atoms with E-state index in [1.807, 2.05) is 0 Å². The zero-order valence-electron chi connectivity index (χ0n) is 8.50. The fourth-order valence-corrected chi connectivity index (χ4v) is 1.60. The number of aliphatic hydroxyl groups excluding tert-OH is 1. The van der Waals surface area contributed by atoms with Crippen LogP contribution in [-0.2, 0) is 0 Å². The summed E-state index contributed by atoms with van der Waals surface area (Å²) in [5.41, 5.74) is 1.13. The molecule has 0 fully saturated rings. The Labute approximate surface area is 81.8 Å². The molecular weight excluding hydrogens is 159 g/mol. The first-order chi connectivity index (χ1) is 6.34. The van der Waals surface area contributed by atoms with E-state index in [4.69, 9.17) is 0 Å². The molecule has 0 aliphatic heterocycles. The molecule has 0 saturated heterocycles. The van der Waals surface area contributed by atoms with Gasteiger partial charge in [-0.2, -0.15) is 0 Å². The summed E-state index contributed by atoms with van der Waals surface area (Å²) in [4.78, 5) is 0. The average Bonchev–Trinajstić information content (AvgIpc) is 2.15. The topological polar surface area (TPSA) is 20.2 Å². The maximum absolute atomic E-state index is 9.61. The molecule has 0 saturated carbocycles. The normalized spacial score (nSPS) is 22.9. The first-order valence-electron chi connectivity index (χ1n) is 5.39. The van der Waals surface area contributed by atoms with Crippen LogP contribution in [0.1, 0.15) is 45.4 Å². The van der Waals surface area contributed by atoms with Gasteiger partial charge in [0.25, 0.3) is 0 Å². The average molecular weight is 178 g/mol. The van der Waals surface area contributed by atoms with Crippen LogP contribution in [0.2, 0.25) is 0 Å². The van der Waals surface area contributed by atoms with Crippen molar-refractivity contribution in [1.82, 2.24) is 0 Å². The molecule has 0 unspecified atom stereocenters. The molecule has 1 N–H and O–H groups in total. The number of allylic oxidation sites excluding steroid dienone is 1. The molecule has 13 heavy (non-hydrogen) atoms. The van der Waals surface area contributed by atoms with Gasteiger partial charge in [0.1, 0.15) is 0 Å². The van der Waals surface area contributed by atoms with Crippen LogP contribution in [0.5, 0.6) is 0 Å². The van der Waals surface area contributed by atoms with Gasteiger partial charge in [-0.15, -0.1) is 0 Å². The van der Waals surface area contributed by atoms with Crippen molar-refractivity contribution in [1.29, 1.82) is 0 Å². The van der Waals surface area contributed by atoms with Gasteiger partial charge in [0, 0.05) is 0 Å². The van der Waals surface area contributed by atoms with E-state index < -0.39 is 0 Å². The first kappa shape index (κ1) is 10.7. The van der Waals surface area contributed by atoms with E-state index >= 15 is 0 Å². The fourth-order valence-electron chi connectivity index (χ4n) is 1.60. The Morgan fingerprint density at radius 1 is 1.69 bits per heavy atom. The number of aliphatic hydroxyl groups is 1. The van der Waals surface area contributed by atoms with Gasteiger partial charge in [-0.3, -0.25) is 0 Å². The SMILES string of the molecule is CCCC/C=B/C1=CCCC[C@@H]1O. The van der Waals surface area contributed by atoms with E-state index in [2.05, 4.69) is 25.9 Å². The monoisotopic (exact) mass is 178 g/mol. The zero-order valence-corrected chi connectivity index (χ0v) is 8.50. The fraction of sp³-hybridized carbons (Fsp3) is 0.727. The third-order valence-corrected chi connectivity index (χ3v) is 2.48. The second-order valence-electron chi connectivity index (χ2n) is 3.70. The second-order valence-corrected chi connectivity index (χ2v) is 3.70. The predicted octanol–water partition coefficient (Wildman–Crippen LogP) is 2.11. The van der Waals surface area contributed by atoms with Gasteiger partial charge in [0.15, 0.2) is 0 Å². The van der Waals surface area contributed by atoms with Crippen molar-refractivity contribution in [3.05, 3.63) is 11.5 Å². The summed E-state index contributed by atoms with van der Waals surface area (Å²) in [6.07, 6.45) is 8.79. The van der Waals surface area contributed by atoms with Gasteiger partial charge in [-0.1, -0.05) is 0 Å². The summed E-state index contributed by atoms with van der Waals surface area (Å²) in [5.74, 6) is 2.18. The molecule has 0 bridgehead atoms. The summed E-state index contributed by atoms with van der Waals surface area (Å²) in [5, 5.41) is 9.61. The molecule has 0 radical (unpaired) electrons. The van der Waals surface area contributed by atoms with Crippen LogP contribution in [0.15, 0.2) is 11.5 Å². The number of unbranched alkanes of at least 4 members (excludes halogenated alkanes) is 2. The number of rotatable bonds is 4. The van der Waals surface area contributed by atoms with Gasteiger partial charge >= 0.3 is 81.1 Å².